The van der Waals surface area contributed by atoms with E-state index >= 15 is 0 Å². The number of benzene rings is 1. The van der Waals surface area contributed by atoms with Crippen LogP contribution in [-0.2, 0) is 0 Å². The Labute approximate surface area is 133 Å². The molecule has 110 valence electrons. The van der Waals surface area contributed by atoms with Crippen LogP contribution in [0, 0.1) is 0 Å². The van der Waals surface area contributed by atoms with Gasteiger partial charge in [-0.15, -0.1) is 0 Å². The number of anilines is 1. The summed E-state index contributed by atoms with van der Waals surface area (Å²) in [7, 11) is -0.971. The third-order valence-corrected chi connectivity index (χ3v) is 7.52. The molecule has 1 nitrogen and oxygen atoms in total. The van der Waals surface area contributed by atoms with Crippen LogP contribution in [0.15, 0.2) is 51.0 Å². The zero-order valence-electron chi connectivity index (χ0n) is 13.2. The molecule has 0 spiro atoms. The van der Waals surface area contributed by atoms with Gasteiger partial charge in [-0.25, -0.2) is 0 Å². The molecule has 0 saturated carbocycles. The van der Waals surface area contributed by atoms with Crippen molar-refractivity contribution in [1.29, 1.82) is 0 Å². The van der Waals surface area contributed by atoms with Crippen LogP contribution in [0.25, 0.3) is 0 Å². The zero-order chi connectivity index (χ0) is 15.1. The van der Waals surface area contributed by atoms with Gasteiger partial charge in [-0.05, 0) is 75.6 Å². The second kappa shape index (κ2) is 5.61. The molecule has 20 heavy (non-hydrogen) atoms. The fourth-order valence-corrected chi connectivity index (χ4v) is 6.32. The molecule has 3 heteroatoms. The summed E-state index contributed by atoms with van der Waals surface area (Å²) in [4.78, 5) is 0. The molecule has 0 radical (unpaired) electrons. The number of hydrogen-bond acceptors (Lipinski definition) is 1. The first-order valence-corrected chi connectivity index (χ1v) is 10.1. The van der Waals surface area contributed by atoms with Gasteiger partial charge in [-0.3, -0.25) is 0 Å². The van der Waals surface area contributed by atoms with Crippen LogP contribution < -0.4 is 4.72 Å². The molecule has 0 fully saturated rings. The second-order valence-corrected chi connectivity index (χ2v) is 10.4. The number of hydrogen-bond donors (Lipinski definition) is 1. The Hall–Kier alpha value is -0.670. The van der Waals surface area contributed by atoms with E-state index in [9.17, 15) is 0 Å². The van der Waals surface area contributed by atoms with E-state index < -0.39 is 10.2 Å². The van der Waals surface area contributed by atoms with Gasteiger partial charge in [0.2, 0.25) is 0 Å². The Morgan fingerprint density at radius 1 is 0.900 bits per heavy atom. The molecule has 0 aliphatic heterocycles. The molecule has 0 unspecified atom stereocenters. The zero-order valence-corrected chi connectivity index (χ0v) is 15.6. The van der Waals surface area contributed by atoms with E-state index in [1.807, 2.05) is 0 Å². The fourth-order valence-electron chi connectivity index (χ4n) is 3.07. The summed E-state index contributed by atoms with van der Waals surface area (Å²) < 4.78 is 4.90. The summed E-state index contributed by atoms with van der Waals surface area (Å²) in [5, 5.41) is 0.547. The van der Waals surface area contributed by atoms with Crippen LogP contribution in [0.2, 0.25) is 0 Å². The Morgan fingerprint density at radius 2 is 1.35 bits per heavy atom. The first-order chi connectivity index (χ1) is 9.24. The maximum atomic E-state index is 3.78. The SMILES string of the molecule is CC1=C(C)C(S(C)(C)Nc2ccc(Br)cc2)C(C)=C1C. The summed E-state index contributed by atoms with van der Waals surface area (Å²) in [5.41, 5.74) is 7.22. The lowest BCUT2D eigenvalue weighted by Crippen LogP contribution is -2.23. The molecule has 1 aliphatic rings. The average Bonchev–Trinajstić information content (AvgIpc) is 2.57. The van der Waals surface area contributed by atoms with Crippen LogP contribution in [0.4, 0.5) is 5.69 Å². The molecule has 0 aromatic heterocycles. The van der Waals surface area contributed by atoms with Crippen molar-refractivity contribution in [2.75, 3.05) is 17.2 Å². The quantitative estimate of drug-likeness (QED) is 0.713. The molecular formula is C17H24BrNS. The Balaban J connectivity index is 2.29. The highest BCUT2D eigenvalue weighted by Crippen LogP contribution is 2.55. The van der Waals surface area contributed by atoms with Crippen molar-refractivity contribution < 1.29 is 0 Å². The number of rotatable bonds is 3. The Morgan fingerprint density at radius 3 is 1.80 bits per heavy atom. The Bertz CT molecular complexity index is 558. The summed E-state index contributed by atoms with van der Waals surface area (Å²) in [6.45, 7) is 9.09. The standard InChI is InChI=1S/C17H24BrNS/c1-11-12(2)14(4)17(13(11)3)20(5,6)19-16-9-7-15(18)8-10-16/h7-10,17,19H,1-6H3. The lowest BCUT2D eigenvalue weighted by Gasteiger charge is -2.41. The lowest BCUT2D eigenvalue weighted by atomic mass is 10.1. The molecule has 0 amide bonds. The van der Waals surface area contributed by atoms with E-state index in [1.54, 1.807) is 0 Å². The predicted octanol–water partition coefficient (Wildman–Crippen LogP) is 5.90. The highest BCUT2D eigenvalue weighted by atomic mass is 79.9. The second-order valence-electron chi connectivity index (χ2n) is 6.01. The van der Waals surface area contributed by atoms with Crippen LogP contribution in [0.5, 0.6) is 0 Å². The maximum Gasteiger partial charge on any atom is 0.0467 e. The maximum absolute atomic E-state index is 3.78. The molecule has 0 atom stereocenters. The molecule has 1 aliphatic carbocycles. The van der Waals surface area contributed by atoms with Crippen LogP contribution in [0.1, 0.15) is 27.7 Å². The topological polar surface area (TPSA) is 12.0 Å². The molecule has 0 heterocycles. The summed E-state index contributed by atoms with van der Waals surface area (Å²) in [6, 6.07) is 8.47. The molecule has 1 aromatic carbocycles. The lowest BCUT2D eigenvalue weighted by molar-refractivity contribution is 1.14. The van der Waals surface area contributed by atoms with Crippen molar-refractivity contribution in [2.45, 2.75) is 32.9 Å². The van der Waals surface area contributed by atoms with Crippen molar-refractivity contribution in [3.05, 3.63) is 51.0 Å². The smallest absolute Gasteiger partial charge is 0.0467 e. The molecule has 0 bridgehead atoms. The van der Waals surface area contributed by atoms with Gasteiger partial charge in [-0.1, -0.05) is 27.1 Å². The van der Waals surface area contributed by atoms with Gasteiger partial charge in [0.15, 0.2) is 0 Å². The number of allylic oxidation sites excluding steroid dienone is 2. The van der Waals surface area contributed by atoms with Crippen molar-refractivity contribution >= 4 is 31.8 Å². The first-order valence-electron chi connectivity index (χ1n) is 6.84. The summed E-state index contributed by atoms with van der Waals surface area (Å²) in [5.74, 6) is 0. The minimum Gasteiger partial charge on any atom is -0.347 e. The predicted molar refractivity (Wildman–Crippen MR) is 97.7 cm³/mol. The van der Waals surface area contributed by atoms with Crippen molar-refractivity contribution in [3.63, 3.8) is 0 Å². The van der Waals surface area contributed by atoms with Gasteiger partial charge < -0.3 is 4.72 Å². The molecular weight excluding hydrogens is 330 g/mol. The van der Waals surface area contributed by atoms with E-state index in [-0.39, 0.29) is 0 Å². The minimum atomic E-state index is -0.971. The largest absolute Gasteiger partial charge is 0.347 e. The van der Waals surface area contributed by atoms with Gasteiger partial charge in [-0.2, -0.15) is 10.2 Å². The number of nitrogens with one attached hydrogen (secondary N) is 1. The highest BCUT2D eigenvalue weighted by Gasteiger charge is 2.33. The van der Waals surface area contributed by atoms with Gasteiger partial charge in [0.1, 0.15) is 0 Å². The minimum absolute atomic E-state index is 0.547. The summed E-state index contributed by atoms with van der Waals surface area (Å²) >= 11 is 3.49. The number of halogens is 1. The van der Waals surface area contributed by atoms with Crippen LogP contribution in [0.3, 0.4) is 0 Å². The van der Waals surface area contributed by atoms with Crippen LogP contribution >= 0.6 is 26.1 Å². The average molecular weight is 354 g/mol. The van der Waals surface area contributed by atoms with Crippen molar-refractivity contribution in [3.8, 4) is 0 Å². The van der Waals surface area contributed by atoms with E-state index in [0.717, 1.165) is 4.47 Å². The van der Waals surface area contributed by atoms with E-state index in [2.05, 4.69) is 85.1 Å². The molecule has 0 saturated heterocycles. The molecule has 1 aromatic rings. The van der Waals surface area contributed by atoms with Crippen LogP contribution in [-0.4, -0.2) is 17.8 Å². The van der Waals surface area contributed by atoms with Crippen molar-refractivity contribution in [1.82, 2.24) is 0 Å². The van der Waals surface area contributed by atoms with E-state index in [0.29, 0.717) is 5.25 Å². The fraction of sp³-hybridized carbons (Fsp3) is 0.412. The Kier molecular flexibility index (Phi) is 4.41. The van der Waals surface area contributed by atoms with Crippen molar-refractivity contribution in [2.24, 2.45) is 0 Å². The van der Waals surface area contributed by atoms with Gasteiger partial charge in [0, 0.05) is 15.4 Å². The third-order valence-electron chi connectivity index (χ3n) is 4.35. The van der Waals surface area contributed by atoms with Gasteiger partial charge in [0.05, 0.1) is 0 Å². The van der Waals surface area contributed by atoms with E-state index in [4.69, 9.17) is 0 Å². The molecule has 1 N–H and O–H groups in total. The van der Waals surface area contributed by atoms with Gasteiger partial charge in [0.25, 0.3) is 0 Å². The monoisotopic (exact) mass is 353 g/mol. The third kappa shape index (κ3) is 2.84. The normalized spacial score (nSPS) is 17.9. The first kappa shape index (κ1) is 15.7. The molecule has 2 rings (SSSR count). The summed E-state index contributed by atoms with van der Waals surface area (Å²) in [6.07, 6.45) is 4.75. The van der Waals surface area contributed by atoms with Gasteiger partial charge >= 0.3 is 0 Å². The highest BCUT2D eigenvalue weighted by molar-refractivity contribution is 9.10. The van der Waals surface area contributed by atoms with E-state index in [1.165, 1.54) is 28.0 Å².